The van der Waals surface area contributed by atoms with Gasteiger partial charge in [0.15, 0.2) is 5.78 Å². The zero-order valence-electron chi connectivity index (χ0n) is 9.12. The maximum atomic E-state index is 10.6. The van der Waals surface area contributed by atoms with Gasteiger partial charge in [0.05, 0.1) is 18.8 Å². The summed E-state index contributed by atoms with van der Waals surface area (Å²) in [6.45, 7) is 4.47. The molecule has 14 heavy (non-hydrogen) atoms. The standard InChI is InChI=1S/C11H20O3/c1-3-10-5-4-6-11(14-10)8-13-7-9(2)12/h10-11H,3-8H2,1-2H3. The molecule has 0 N–H and O–H groups in total. The van der Waals surface area contributed by atoms with Crippen molar-refractivity contribution < 1.29 is 14.3 Å². The van der Waals surface area contributed by atoms with Crippen molar-refractivity contribution in [2.24, 2.45) is 0 Å². The number of Topliss-reactive ketones (excluding diaryl/α,β-unsaturated/α-hetero) is 1. The number of carbonyl (C=O) groups is 1. The lowest BCUT2D eigenvalue weighted by molar-refractivity contribution is -0.126. The number of ether oxygens (including phenoxy) is 2. The van der Waals surface area contributed by atoms with Gasteiger partial charge in [0.25, 0.3) is 0 Å². The summed E-state index contributed by atoms with van der Waals surface area (Å²) in [6.07, 6.45) is 5.12. The van der Waals surface area contributed by atoms with Gasteiger partial charge < -0.3 is 9.47 Å². The molecule has 0 aliphatic carbocycles. The maximum Gasteiger partial charge on any atom is 0.155 e. The lowest BCUT2D eigenvalue weighted by atomic mass is 10.0. The van der Waals surface area contributed by atoms with E-state index in [0.29, 0.717) is 12.7 Å². The van der Waals surface area contributed by atoms with E-state index in [9.17, 15) is 4.79 Å². The lowest BCUT2D eigenvalue weighted by Crippen LogP contribution is -2.31. The molecule has 1 aliphatic heterocycles. The molecule has 3 nitrogen and oxygen atoms in total. The monoisotopic (exact) mass is 200 g/mol. The largest absolute Gasteiger partial charge is 0.373 e. The van der Waals surface area contributed by atoms with Crippen LogP contribution in [0.4, 0.5) is 0 Å². The predicted octanol–water partition coefficient (Wildman–Crippen LogP) is 1.94. The Balaban J connectivity index is 2.14. The average molecular weight is 200 g/mol. The van der Waals surface area contributed by atoms with Crippen molar-refractivity contribution in [3.63, 3.8) is 0 Å². The molecule has 82 valence electrons. The van der Waals surface area contributed by atoms with Crippen molar-refractivity contribution in [3.8, 4) is 0 Å². The summed E-state index contributed by atoms with van der Waals surface area (Å²) in [7, 11) is 0. The molecule has 2 unspecified atom stereocenters. The quantitative estimate of drug-likeness (QED) is 0.680. The number of ketones is 1. The third-order valence-electron chi connectivity index (χ3n) is 2.50. The van der Waals surface area contributed by atoms with E-state index in [1.54, 1.807) is 0 Å². The number of hydrogen-bond donors (Lipinski definition) is 0. The van der Waals surface area contributed by atoms with Crippen molar-refractivity contribution >= 4 is 5.78 Å². The van der Waals surface area contributed by atoms with Crippen LogP contribution in [0.25, 0.3) is 0 Å². The molecule has 1 saturated heterocycles. The van der Waals surface area contributed by atoms with Gasteiger partial charge in [-0.25, -0.2) is 0 Å². The van der Waals surface area contributed by atoms with Crippen molar-refractivity contribution in [1.82, 2.24) is 0 Å². The van der Waals surface area contributed by atoms with Crippen LogP contribution >= 0.6 is 0 Å². The van der Waals surface area contributed by atoms with Crippen molar-refractivity contribution in [3.05, 3.63) is 0 Å². The molecular formula is C11H20O3. The van der Waals surface area contributed by atoms with Crippen LogP contribution in [0.2, 0.25) is 0 Å². The Morgan fingerprint density at radius 2 is 2.14 bits per heavy atom. The molecule has 1 heterocycles. The molecule has 0 aromatic rings. The Bertz CT molecular complexity index is 179. The maximum absolute atomic E-state index is 10.6. The first-order valence-corrected chi connectivity index (χ1v) is 5.45. The lowest BCUT2D eigenvalue weighted by Gasteiger charge is -2.29. The molecule has 1 rings (SSSR count). The molecule has 0 saturated carbocycles. The van der Waals surface area contributed by atoms with E-state index in [4.69, 9.17) is 9.47 Å². The van der Waals surface area contributed by atoms with E-state index in [0.717, 1.165) is 12.8 Å². The second-order valence-corrected chi connectivity index (χ2v) is 3.94. The van der Waals surface area contributed by atoms with Crippen LogP contribution in [0.5, 0.6) is 0 Å². The zero-order chi connectivity index (χ0) is 10.4. The molecule has 0 spiro atoms. The minimum absolute atomic E-state index is 0.0767. The van der Waals surface area contributed by atoms with E-state index in [1.807, 2.05) is 0 Å². The molecular weight excluding hydrogens is 180 g/mol. The normalized spacial score (nSPS) is 27.6. The van der Waals surface area contributed by atoms with Crippen LogP contribution in [-0.2, 0) is 14.3 Å². The van der Waals surface area contributed by atoms with Gasteiger partial charge in [0.1, 0.15) is 6.61 Å². The summed E-state index contributed by atoms with van der Waals surface area (Å²) in [5, 5.41) is 0. The van der Waals surface area contributed by atoms with Crippen molar-refractivity contribution in [2.45, 2.75) is 51.7 Å². The number of carbonyl (C=O) groups excluding carboxylic acids is 1. The zero-order valence-corrected chi connectivity index (χ0v) is 9.12. The van der Waals surface area contributed by atoms with Crippen LogP contribution in [0.15, 0.2) is 0 Å². The van der Waals surface area contributed by atoms with Crippen LogP contribution in [-0.4, -0.2) is 31.2 Å². The highest BCUT2D eigenvalue weighted by Gasteiger charge is 2.20. The van der Waals surface area contributed by atoms with E-state index in [1.165, 1.54) is 19.8 Å². The van der Waals surface area contributed by atoms with E-state index in [2.05, 4.69) is 6.92 Å². The fourth-order valence-electron chi connectivity index (χ4n) is 1.74. The van der Waals surface area contributed by atoms with Crippen LogP contribution in [0.1, 0.15) is 39.5 Å². The second-order valence-electron chi connectivity index (χ2n) is 3.94. The summed E-state index contributed by atoms with van der Waals surface area (Å²) >= 11 is 0. The highest BCUT2D eigenvalue weighted by atomic mass is 16.5. The second kappa shape index (κ2) is 6.14. The number of hydrogen-bond acceptors (Lipinski definition) is 3. The first-order chi connectivity index (χ1) is 6.72. The summed E-state index contributed by atoms with van der Waals surface area (Å²) in [6, 6.07) is 0. The van der Waals surface area contributed by atoms with Crippen molar-refractivity contribution in [2.75, 3.05) is 13.2 Å². The average Bonchev–Trinajstić information content (AvgIpc) is 2.18. The molecule has 0 aromatic heterocycles. The van der Waals surface area contributed by atoms with Gasteiger partial charge in [-0.3, -0.25) is 4.79 Å². The van der Waals surface area contributed by atoms with Crippen LogP contribution in [0, 0.1) is 0 Å². The molecule has 0 amide bonds. The minimum Gasteiger partial charge on any atom is -0.373 e. The fraction of sp³-hybridized carbons (Fsp3) is 0.909. The van der Waals surface area contributed by atoms with Gasteiger partial charge in [-0.2, -0.15) is 0 Å². The molecule has 1 fully saturated rings. The molecule has 3 heteroatoms. The summed E-state index contributed by atoms with van der Waals surface area (Å²) in [4.78, 5) is 10.6. The Labute approximate surface area is 85.8 Å². The Hall–Kier alpha value is -0.410. The third kappa shape index (κ3) is 4.20. The van der Waals surface area contributed by atoms with E-state index >= 15 is 0 Å². The highest BCUT2D eigenvalue weighted by Crippen LogP contribution is 2.20. The molecule has 0 bridgehead atoms. The summed E-state index contributed by atoms with van der Waals surface area (Å²) in [5.41, 5.74) is 0. The Morgan fingerprint density at radius 3 is 2.79 bits per heavy atom. The van der Waals surface area contributed by atoms with E-state index in [-0.39, 0.29) is 18.5 Å². The summed E-state index contributed by atoms with van der Waals surface area (Å²) < 4.78 is 11.0. The fourth-order valence-corrected chi connectivity index (χ4v) is 1.74. The van der Waals surface area contributed by atoms with Crippen LogP contribution < -0.4 is 0 Å². The first kappa shape index (κ1) is 11.7. The topological polar surface area (TPSA) is 35.5 Å². The minimum atomic E-state index is 0.0767. The molecule has 2 atom stereocenters. The highest BCUT2D eigenvalue weighted by molar-refractivity contribution is 5.76. The smallest absolute Gasteiger partial charge is 0.155 e. The number of rotatable bonds is 5. The van der Waals surface area contributed by atoms with Gasteiger partial charge in [-0.1, -0.05) is 6.92 Å². The summed E-state index contributed by atoms with van der Waals surface area (Å²) in [5.74, 6) is 0.0767. The van der Waals surface area contributed by atoms with E-state index < -0.39 is 0 Å². The molecule has 1 aliphatic rings. The first-order valence-electron chi connectivity index (χ1n) is 5.45. The SMILES string of the molecule is CCC1CCCC(COCC(C)=O)O1. The van der Waals surface area contributed by atoms with Gasteiger partial charge in [0.2, 0.25) is 0 Å². The van der Waals surface area contributed by atoms with Gasteiger partial charge in [-0.15, -0.1) is 0 Å². The Kier molecular flexibility index (Phi) is 5.12. The molecule has 0 radical (unpaired) electrons. The van der Waals surface area contributed by atoms with Gasteiger partial charge in [-0.05, 0) is 32.6 Å². The van der Waals surface area contributed by atoms with Crippen LogP contribution in [0.3, 0.4) is 0 Å². The van der Waals surface area contributed by atoms with Gasteiger partial charge >= 0.3 is 0 Å². The van der Waals surface area contributed by atoms with Gasteiger partial charge in [0, 0.05) is 0 Å². The van der Waals surface area contributed by atoms with Crippen molar-refractivity contribution in [1.29, 1.82) is 0 Å². The third-order valence-corrected chi connectivity index (χ3v) is 2.50. The molecule has 0 aromatic carbocycles. The predicted molar refractivity (Wildman–Crippen MR) is 54.3 cm³/mol. The Morgan fingerprint density at radius 1 is 1.43 bits per heavy atom.